The van der Waals surface area contributed by atoms with Crippen molar-refractivity contribution < 1.29 is 14.1 Å². The molecule has 0 fully saturated rings. The van der Waals surface area contributed by atoms with E-state index >= 15 is 0 Å². The third-order valence-electron chi connectivity index (χ3n) is 2.04. The molecular weight excluding hydrogens is 224 g/mol. The largest absolute Gasteiger partial charge is 0.360 e. The van der Waals surface area contributed by atoms with Crippen LogP contribution in [0.2, 0.25) is 0 Å². The number of hydrogen-bond donors (Lipinski definition) is 2. The number of amides is 2. The van der Waals surface area contributed by atoms with Crippen molar-refractivity contribution in [1.29, 1.82) is 0 Å². The number of carbonyl (C=O) groups is 2. The highest BCUT2D eigenvalue weighted by Gasteiger charge is 2.16. The summed E-state index contributed by atoms with van der Waals surface area (Å²) in [4.78, 5) is 24.2. The van der Waals surface area contributed by atoms with Crippen LogP contribution in [0.3, 0.4) is 0 Å². The summed E-state index contributed by atoms with van der Waals surface area (Å²) in [6.07, 6.45) is 0. The second kappa shape index (κ2) is 5.44. The first kappa shape index (κ1) is 13.2. The second-order valence-electron chi connectivity index (χ2n) is 3.85. The lowest BCUT2D eigenvalue weighted by Crippen LogP contribution is -2.43. The van der Waals surface area contributed by atoms with Crippen LogP contribution in [0.15, 0.2) is 10.6 Å². The molecule has 0 saturated heterocycles. The minimum absolute atomic E-state index is 0.0771. The quantitative estimate of drug-likeness (QED) is 0.754. The second-order valence-corrected chi connectivity index (χ2v) is 3.85. The number of nitrogens with two attached hydrogens (primary N) is 1. The summed E-state index contributed by atoms with van der Waals surface area (Å²) in [6.45, 7) is 3.21. The van der Waals surface area contributed by atoms with Crippen LogP contribution >= 0.6 is 0 Å². The van der Waals surface area contributed by atoms with E-state index in [4.69, 9.17) is 10.3 Å². The minimum Gasteiger partial charge on any atom is -0.360 e. The van der Waals surface area contributed by atoms with Gasteiger partial charge in [0.15, 0.2) is 5.82 Å². The van der Waals surface area contributed by atoms with E-state index in [9.17, 15) is 9.59 Å². The van der Waals surface area contributed by atoms with Gasteiger partial charge in [-0.3, -0.25) is 9.59 Å². The van der Waals surface area contributed by atoms with E-state index in [0.29, 0.717) is 11.6 Å². The summed E-state index contributed by atoms with van der Waals surface area (Å²) in [6, 6.07) is 0.966. The molecule has 1 aromatic heterocycles. The molecule has 0 unspecified atom stereocenters. The average Bonchev–Trinajstić information content (AvgIpc) is 2.62. The highest BCUT2D eigenvalue weighted by Crippen LogP contribution is 2.06. The van der Waals surface area contributed by atoms with Crippen molar-refractivity contribution in [2.75, 3.05) is 18.9 Å². The molecule has 7 heteroatoms. The first-order valence-electron chi connectivity index (χ1n) is 5.14. The van der Waals surface area contributed by atoms with Gasteiger partial charge in [0, 0.05) is 13.1 Å². The molecule has 1 heterocycles. The molecule has 1 rings (SSSR count). The Hall–Kier alpha value is -1.89. The van der Waals surface area contributed by atoms with Crippen molar-refractivity contribution in [2.24, 2.45) is 5.73 Å². The van der Waals surface area contributed by atoms with Gasteiger partial charge >= 0.3 is 0 Å². The van der Waals surface area contributed by atoms with Crippen LogP contribution in [0.4, 0.5) is 5.82 Å². The topological polar surface area (TPSA) is 101 Å². The Morgan fingerprint density at radius 1 is 1.65 bits per heavy atom. The van der Waals surface area contributed by atoms with E-state index in [1.54, 1.807) is 19.9 Å². The van der Waals surface area contributed by atoms with Crippen molar-refractivity contribution in [2.45, 2.75) is 19.9 Å². The Balaban J connectivity index is 2.47. The van der Waals surface area contributed by atoms with Crippen LogP contribution in [-0.2, 0) is 9.59 Å². The van der Waals surface area contributed by atoms with E-state index in [1.165, 1.54) is 11.9 Å². The Morgan fingerprint density at radius 3 is 2.76 bits per heavy atom. The van der Waals surface area contributed by atoms with Gasteiger partial charge in [-0.2, -0.15) is 0 Å². The Bertz CT molecular complexity index is 413. The van der Waals surface area contributed by atoms with E-state index < -0.39 is 6.04 Å². The molecule has 94 valence electrons. The molecular formula is C10H16N4O3. The first-order valence-corrected chi connectivity index (χ1v) is 5.14. The summed E-state index contributed by atoms with van der Waals surface area (Å²) >= 11 is 0. The molecule has 0 saturated carbocycles. The normalized spacial score (nSPS) is 12.0. The predicted octanol–water partition coefficient (Wildman–Crippen LogP) is -0.273. The monoisotopic (exact) mass is 240 g/mol. The zero-order chi connectivity index (χ0) is 13.0. The van der Waals surface area contributed by atoms with Gasteiger partial charge in [0.05, 0.1) is 12.6 Å². The number of carbonyl (C=O) groups excluding carboxylic acids is 2. The van der Waals surface area contributed by atoms with Gasteiger partial charge in [0.2, 0.25) is 11.8 Å². The van der Waals surface area contributed by atoms with Crippen LogP contribution < -0.4 is 11.1 Å². The Morgan fingerprint density at radius 2 is 2.29 bits per heavy atom. The molecule has 7 nitrogen and oxygen atoms in total. The summed E-state index contributed by atoms with van der Waals surface area (Å²) in [5.41, 5.74) is 5.42. The van der Waals surface area contributed by atoms with Gasteiger partial charge in [-0.25, -0.2) is 0 Å². The van der Waals surface area contributed by atoms with E-state index in [-0.39, 0.29) is 18.4 Å². The number of aromatic nitrogens is 1. The number of likely N-dealkylation sites (N-methyl/N-ethyl adjacent to an activating group) is 1. The summed E-state index contributed by atoms with van der Waals surface area (Å²) in [7, 11) is 1.51. The molecule has 17 heavy (non-hydrogen) atoms. The van der Waals surface area contributed by atoms with Crippen molar-refractivity contribution in [3.63, 3.8) is 0 Å². The molecule has 0 radical (unpaired) electrons. The SMILES string of the molecule is Cc1cc(NC(=O)CN(C)C(=O)[C@H](C)N)no1. The van der Waals surface area contributed by atoms with Gasteiger partial charge in [-0.1, -0.05) is 5.16 Å². The lowest BCUT2D eigenvalue weighted by molar-refractivity contribution is -0.134. The van der Waals surface area contributed by atoms with Crippen LogP contribution in [0.5, 0.6) is 0 Å². The number of nitrogens with one attached hydrogen (secondary N) is 1. The van der Waals surface area contributed by atoms with Gasteiger partial charge in [0.25, 0.3) is 0 Å². The number of rotatable bonds is 4. The van der Waals surface area contributed by atoms with Crippen LogP contribution in [0.25, 0.3) is 0 Å². The number of hydrogen-bond acceptors (Lipinski definition) is 5. The molecule has 0 bridgehead atoms. The molecule has 1 aromatic rings. The molecule has 0 aliphatic heterocycles. The Labute approximate surface area is 98.9 Å². The lowest BCUT2D eigenvalue weighted by atomic mass is 10.3. The molecule has 2 amide bonds. The highest BCUT2D eigenvalue weighted by molar-refractivity contribution is 5.94. The van der Waals surface area contributed by atoms with Crippen molar-refractivity contribution in [3.8, 4) is 0 Å². The van der Waals surface area contributed by atoms with Gasteiger partial charge in [0.1, 0.15) is 5.76 Å². The molecule has 0 aliphatic rings. The standard InChI is InChI=1S/C10H16N4O3/c1-6-4-8(13-17-6)12-9(15)5-14(3)10(16)7(2)11/h4,7H,5,11H2,1-3H3,(H,12,13,15)/t7-/m0/s1. The third kappa shape index (κ3) is 3.87. The van der Waals surface area contributed by atoms with Gasteiger partial charge < -0.3 is 20.5 Å². The molecule has 0 aliphatic carbocycles. The number of anilines is 1. The first-order chi connectivity index (χ1) is 7.90. The zero-order valence-electron chi connectivity index (χ0n) is 10.1. The third-order valence-corrected chi connectivity index (χ3v) is 2.04. The van der Waals surface area contributed by atoms with Crippen molar-refractivity contribution >= 4 is 17.6 Å². The molecule has 0 spiro atoms. The fourth-order valence-corrected chi connectivity index (χ4v) is 1.25. The maximum absolute atomic E-state index is 11.5. The Kier molecular flexibility index (Phi) is 4.22. The lowest BCUT2D eigenvalue weighted by Gasteiger charge is -2.18. The fourth-order valence-electron chi connectivity index (χ4n) is 1.25. The summed E-state index contributed by atoms with van der Waals surface area (Å²) < 4.78 is 4.79. The maximum atomic E-state index is 11.5. The maximum Gasteiger partial charge on any atom is 0.245 e. The highest BCUT2D eigenvalue weighted by atomic mass is 16.5. The van der Waals surface area contributed by atoms with Crippen LogP contribution in [-0.4, -0.2) is 41.5 Å². The number of aryl methyl sites for hydroxylation is 1. The van der Waals surface area contributed by atoms with Crippen molar-refractivity contribution in [1.82, 2.24) is 10.1 Å². The van der Waals surface area contributed by atoms with Crippen LogP contribution in [0.1, 0.15) is 12.7 Å². The molecule has 0 aromatic carbocycles. The zero-order valence-corrected chi connectivity index (χ0v) is 10.1. The smallest absolute Gasteiger partial charge is 0.245 e. The summed E-state index contributed by atoms with van der Waals surface area (Å²) in [5, 5.41) is 6.12. The van der Waals surface area contributed by atoms with Gasteiger partial charge in [-0.05, 0) is 13.8 Å². The minimum atomic E-state index is -0.623. The number of nitrogens with zero attached hydrogens (tertiary/aromatic N) is 2. The fraction of sp³-hybridized carbons (Fsp3) is 0.500. The average molecular weight is 240 g/mol. The van der Waals surface area contributed by atoms with E-state index in [2.05, 4.69) is 10.5 Å². The summed E-state index contributed by atoms with van der Waals surface area (Å²) in [5.74, 6) is 0.278. The van der Waals surface area contributed by atoms with E-state index in [0.717, 1.165) is 0 Å². The predicted molar refractivity (Wildman–Crippen MR) is 61.2 cm³/mol. The molecule has 3 N–H and O–H groups in total. The van der Waals surface area contributed by atoms with E-state index in [1.807, 2.05) is 0 Å². The van der Waals surface area contributed by atoms with Crippen molar-refractivity contribution in [3.05, 3.63) is 11.8 Å². The molecule has 1 atom stereocenters. The van der Waals surface area contributed by atoms with Crippen LogP contribution in [0, 0.1) is 6.92 Å². The van der Waals surface area contributed by atoms with Gasteiger partial charge in [-0.15, -0.1) is 0 Å².